The summed E-state index contributed by atoms with van der Waals surface area (Å²) in [5.74, 6) is 0. The minimum atomic E-state index is -2.77. The largest absolute Gasteiger partial charge is 0.313 e. The van der Waals surface area contributed by atoms with E-state index in [1.165, 1.54) is 6.42 Å². The van der Waals surface area contributed by atoms with Crippen LogP contribution in [-0.4, -0.2) is 17.4 Å². The molecule has 4 heteroatoms. The van der Waals surface area contributed by atoms with Gasteiger partial charge in [0.15, 0.2) is 0 Å². The molecule has 0 heterocycles. The fraction of sp³-hybridized carbons (Fsp3) is 1.00. The number of hydrogen-bond donors (Lipinski definition) is 1. The number of rotatable bonds is 3. The lowest BCUT2D eigenvalue weighted by Crippen LogP contribution is -2.41. The zero-order valence-electron chi connectivity index (χ0n) is 8.75. The van der Waals surface area contributed by atoms with Gasteiger partial charge >= 0.3 is 4.83 Å². The van der Waals surface area contributed by atoms with Crippen molar-refractivity contribution < 1.29 is 8.78 Å². The summed E-state index contributed by atoms with van der Waals surface area (Å²) < 4.78 is 25.0. The second-order valence-corrected chi connectivity index (χ2v) is 6.11. The fourth-order valence-corrected chi connectivity index (χ4v) is 2.29. The fourth-order valence-electron chi connectivity index (χ4n) is 2.13. The van der Waals surface area contributed by atoms with Crippen molar-refractivity contribution in [1.29, 1.82) is 0 Å². The zero-order valence-corrected chi connectivity index (χ0v) is 10.3. The molecular weight excluding hydrogens is 252 g/mol. The maximum absolute atomic E-state index is 12.5. The van der Waals surface area contributed by atoms with Gasteiger partial charge in [-0.25, -0.2) is 0 Å². The molecule has 1 atom stereocenters. The molecule has 0 aromatic rings. The van der Waals surface area contributed by atoms with Crippen molar-refractivity contribution >= 4 is 15.9 Å². The highest BCUT2D eigenvalue weighted by molar-refractivity contribution is 9.10. The average Bonchev–Trinajstić information content (AvgIpc) is 1.98. The van der Waals surface area contributed by atoms with Gasteiger partial charge in [-0.2, -0.15) is 8.78 Å². The molecule has 1 fully saturated rings. The highest BCUT2D eigenvalue weighted by Crippen LogP contribution is 2.35. The lowest BCUT2D eigenvalue weighted by Gasteiger charge is -2.36. The van der Waals surface area contributed by atoms with E-state index in [9.17, 15) is 8.78 Å². The van der Waals surface area contributed by atoms with Crippen LogP contribution in [0.2, 0.25) is 0 Å². The maximum atomic E-state index is 12.5. The summed E-state index contributed by atoms with van der Waals surface area (Å²) in [4.78, 5) is -2.77. The van der Waals surface area contributed by atoms with E-state index in [2.05, 4.69) is 35.1 Å². The highest BCUT2D eigenvalue weighted by atomic mass is 79.9. The normalized spacial score (nSPS) is 27.6. The van der Waals surface area contributed by atoms with Crippen LogP contribution < -0.4 is 5.32 Å². The minimum Gasteiger partial charge on any atom is -0.308 e. The molecule has 1 nitrogen and oxygen atoms in total. The average molecular weight is 270 g/mol. The molecule has 1 aliphatic carbocycles. The predicted molar refractivity (Wildman–Crippen MR) is 57.9 cm³/mol. The molecule has 0 saturated heterocycles. The number of halogens is 3. The van der Waals surface area contributed by atoms with Crippen LogP contribution in [0.4, 0.5) is 8.78 Å². The van der Waals surface area contributed by atoms with Crippen LogP contribution >= 0.6 is 15.9 Å². The third kappa shape index (κ3) is 4.69. The topological polar surface area (TPSA) is 12.0 Å². The van der Waals surface area contributed by atoms with Gasteiger partial charge in [-0.1, -0.05) is 20.3 Å². The molecule has 0 radical (unpaired) electrons. The first-order chi connectivity index (χ1) is 6.29. The Kier molecular flexibility index (Phi) is 3.92. The van der Waals surface area contributed by atoms with E-state index in [0.29, 0.717) is 5.41 Å². The van der Waals surface area contributed by atoms with Crippen LogP contribution in [0.15, 0.2) is 0 Å². The Morgan fingerprint density at radius 2 is 2.14 bits per heavy atom. The number of hydrogen-bond acceptors (Lipinski definition) is 1. The van der Waals surface area contributed by atoms with Gasteiger partial charge in [0.1, 0.15) is 0 Å². The van der Waals surface area contributed by atoms with Crippen molar-refractivity contribution in [2.45, 2.75) is 50.4 Å². The molecular formula is C10H18BrF2N. The van der Waals surface area contributed by atoms with Gasteiger partial charge in [-0.05, 0) is 40.6 Å². The van der Waals surface area contributed by atoms with E-state index in [-0.39, 0.29) is 12.6 Å². The van der Waals surface area contributed by atoms with Crippen LogP contribution in [0.5, 0.6) is 0 Å². The van der Waals surface area contributed by atoms with Crippen LogP contribution in [-0.2, 0) is 0 Å². The van der Waals surface area contributed by atoms with Gasteiger partial charge in [0, 0.05) is 6.04 Å². The number of alkyl halides is 3. The molecule has 0 aromatic carbocycles. The lowest BCUT2D eigenvalue weighted by atomic mass is 9.75. The minimum absolute atomic E-state index is 0.252. The first kappa shape index (κ1) is 12.4. The third-order valence-electron chi connectivity index (χ3n) is 2.80. The summed E-state index contributed by atoms with van der Waals surface area (Å²) in [6.07, 6.45) is 4.36. The van der Waals surface area contributed by atoms with E-state index >= 15 is 0 Å². The quantitative estimate of drug-likeness (QED) is 0.773. The molecule has 1 aliphatic rings. The summed E-state index contributed by atoms with van der Waals surface area (Å²) in [5.41, 5.74) is 0.303. The van der Waals surface area contributed by atoms with Gasteiger partial charge in [0.05, 0.1) is 6.54 Å². The summed E-state index contributed by atoms with van der Waals surface area (Å²) >= 11 is 2.34. The van der Waals surface area contributed by atoms with Crippen LogP contribution in [0.1, 0.15) is 39.5 Å². The molecule has 0 aliphatic heterocycles. The van der Waals surface area contributed by atoms with Crippen molar-refractivity contribution in [1.82, 2.24) is 5.32 Å². The zero-order chi connectivity index (χ0) is 10.8. The smallest absolute Gasteiger partial charge is 0.308 e. The van der Waals surface area contributed by atoms with Crippen molar-refractivity contribution in [2.75, 3.05) is 6.54 Å². The molecule has 14 heavy (non-hydrogen) atoms. The van der Waals surface area contributed by atoms with Crippen molar-refractivity contribution in [3.63, 3.8) is 0 Å². The van der Waals surface area contributed by atoms with E-state index in [1.54, 1.807) is 0 Å². The first-order valence-electron chi connectivity index (χ1n) is 5.09. The maximum Gasteiger partial charge on any atom is 0.313 e. The Labute approximate surface area is 92.8 Å². The Hall–Kier alpha value is 0.300. The second-order valence-electron chi connectivity index (χ2n) is 4.95. The number of nitrogens with one attached hydrogen (secondary N) is 1. The van der Waals surface area contributed by atoms with Crippen LogP contribution in [0, 0.1) is 5.41 Å². The van der Waals surface area contributed by atoms with E-state index < -0.39 is 4.83 Å². The van der Waals surface area contributed by atoms with E-state index in [4.69, 9.17) is 0 Å². The Bertz CT molecular complexity index is 189. The lowest BCUT2D eigenvalue weighted by molar-refractivity contribution is 0.0988. The summed E-state index contributed by atoms with van der Waals surface area (Å²) in [6, 6.07) is 0.252. The van der Waals surface area contributed by atoms with Gasteiger partial charge in [0.25, 0.3) is 0 Å². The van der Waals surface area contributed by atoms with Gasteiger partial charge in [0.2, 0.25) is 0 Å². The van der Waals surface area contributed by atoms with Crippen LogP contribution in [0.25, 0.3) is 0 Å². The molecule has 0 spiro atoms. The van der Waals surface area contributed by atoms with E-state index in [1.807, 2.05) is 0 Å². The molecule has 84 valence electrons. The van der Waals surface area contributed by atoms with Crippen molar-refractivity contribution in [2.24, 2.45) is 5.41 Å². The molecule has 0 bridgehead atoms. The summed E-state index contributed by atoms with van der Waals surface area (Å²) in [7, 11) is 0. The molecule has 0 amide bonds. The predicted octanol–water partition coefficient (Wildman–Crippen LogP) is 3.53. The molecule has 1 rings (SSSR count). The van der Waals surface area contributed by atoms with Gasteiger partial charge in [-0.3, -0.25) is 0 Å². The third-order valence-corrected chi connectivity index (χ3v) is 3.08. The summed E-state index contributed by atoms with van der Waals surface area (Å²) in [6.45, 7) is 4.13. The highest BCUT2D eigenvalue weighted by Gasteiger charge is 2.30. The van der Waals surface area contributed by atoms with Gasteiger partial charge < -0.3 is 5.32 Å². The Morgan fingerprint density at radius 1 is 1.50 bits per heavy atom. The molecule has 1 N–H and O–H groups in total. The van der Waals surface area contributed by atoms with Crippen molar-refractivity contribution in [3.05, 3.63) is 0 Å². The van der Waals surface area contributed by atoms with Crippen molar-refractivity contribution in [3.8, 4) is 0 Å². The van der Waals surface area contributed by atoms with Crippen LogP contribution in [0.3, 0.4) is 0 Å². The molecule has 1 saturated carbocycles. The van der Waals surface area contributed by atoms with E-state index in [0.717, 1.165) is 19.3 Å². The van der Waals surface area contributed by atoms with Gasteiger partial charge in [-0.15, -0.1) is 0 Å². The monoisotopic (exact) mass is 269 g/mol. The second kappa shape index (κ2) is 4.44. The molecule has 0 aromatic heterocycles. The first-order valence-corrected chi connectivity index (χ1v) is 5.88. The Balaban J connectivity index is 2.32. The summed E-state index contributed by atoms with van der Waals surface area (Å²) in [5, 5.41) is 2.92. The standard InChI is InChI=1S/C10H18BrF2N/c1-9(2)5-3-4-8(6-9)14-7-10(11,12)13/h8,14H,3-7H2,1-2H3. The SMILES string of the molecule is CC1(C)CCCC(NCC(F)(F)Br)C1. The Morgan fingerprint density at radius 3 is 2.64 bits per heavy atom. The molecule has 1 unspecified atom stereocenters.